The standard InChI is InChI=1S/C16H24BrN3O/c1-4-13(3)19-7-9-20(10-8-19)16(21)18-14-5-6-15(17)12(2)11-14/h5-6,11,13H,4,7-10H2,1-3H3,(H,18,21). The molecule has 0 aliphatic carbocycles. The second-order valence-electron chi connectivity index (χ2n) is 5.67. The second kappa shape index (κ2) is 7.27. The highest BCUT2D eigenvalue weighted by atomic mass is 79.9. The fourth-order valence-electron chi connectivity index (χ4n) is 2.55. The highest BCUT2D eigenvalue weighted by molar-refractivity contribution is 9.10. The maximum atomic E-state index is 12.3. The third-order valence-electron chi connectivity index (χ3n) is 4.22. The topological polar surface area (TPSA) is 35.6 Å². The molecule has 21 heavy (non-hydrogen) atoms. The minimum Gasteiger partial charge on any atom is -0.322 e. The summed E-state index contributed by atoms with van der Waals surface area (Å²) in [6.45, 7) is 9.99. The van der Waals surface area contributed by atoms with E-state index in [1.165, 1.54) is 0 Å². The Kier molecular flexibility index (Phi) is 5.65. The molecule has 0 radical (unpaired) electrons. The Hall–Kier alpha value is -1.07. The summed E-state index contributed by atoms with van der Waals surface area (Å²) >= 11 is 3.47. The number of amides is 2. The van der Waals surface area contributed by atoms with Crippen LogP contribution in [0.5, 0.6) is 0 Å². The lowest BCUT2D eigenvalue weighted by atomic mass is 10.2. The van der Waals surface area contributed by atoms with Crippen LogP contribution in [0, 0.1) is 6.92 Å². The van der Waals surface area contributed by atoms with Gasteiger partial charge >= 0.3 is 6.03 Å². The van der Waals surface area contributed by atoms with Crippen LogP contribution in [0.1, 0.15) is 25.8 Å². The molecule has 0 aromatic heterocycles. The van der Waals surface area contributed by atoms with Crippen molar-refractivity contribution in [2.75, 3.05) is 31.5 Å². The molecule has 0 bridgehead atoms. The van der Waals surface area contributed by atoms with Crippen molar-refractivity contribution in [3.8, 4) is 0 Å². The van der Waals surface area contributed by atoms with Gasteiger partial charge in [0.25, 0.3) is 0 Å². The normalized spacial score (nSPS) is 17.6. The molecule has 4 nitrogen and oxygen atoms in total. The van der Waals surface area contributed by atoms with Crippen LogP contribution in [0.25, 0.3) is 0 Å². The Bertz CT molecular complexity index is 498. The number of rotatable bonds is 3. The van der Waals surface area contributed by atoms with Gasteiger partial charge in [-0.1, -0.05) is 22.9 Å². The Balaban J connectivity index is 1.88. The van der Waals surface area contributed by atoms with Crippen LogP contribution in [0.15, 0.2) is 22.7 Å². The van der Waals surface area contributed by atoms with Gasteiger partial charge in [-0.2, -0.15) is 0 Å². The molecule has 1 aliphatic heterocycles. The molecule has 1 aromatic rings. The van der Waals surface area contributed by atoms with Gasteiger partial charge in [0.15, 0.2) is 0 Å². The van der Waals surface area contributed by atoms with Gasteiger partial charge in [-0.3, -0.25) is 4.90 Å². The first-order valence-electron chi connectivity index (χ1n) is 7.57. The molecule has 1 aliphatic rings. The largest absolute Gasteiger partial charge is 0.322 e. The van der Waals surface area contributed by atoms with Crippen molar-refractivity contribution in [1.82, 2.24) is 9.80 Å². The monoisotopic (exact) mass is 353 g/mol. The van der Waals surface area contributed by atoms with E-state index >= 15 is 0 Å². The summed E-state index contributed by atoms with van der Waals surface area (Å²) in [5.74, 6) is 0. The number of nitrogens with one attached hydrogen (secondary N) is 1. The number of benzene rings is 1. The maximum Gasteiger partial charge on any atom is 0.321 e. The molecule has 1 aromatic carbocycles. The molecule has 1 atom stereocenters. The van der Waals surface area contributed by atoms with E-state index in [0.29, 0.717) is 6.04 Å². The lowest BCUT2D eigenvalue weighted by molar-refractivity contribution is 0.117. The average Bonchev–Trinajstić information content (AvgIpc) is 2.50. The predicted molar refractivity (Wildman–Crippen MR) is 90.8 cm³/mol. The fraction of sp³-hybridized carbons (Fsp3) is 0.562. The molecular weight excluding hydrogens is 330 g/mol. The molecule has 0 spiro atoms. The lowest BCUT2D eigenvalue weighted by Crippen LogP contribution is -2.52. The molecular formula is C16H24BrN3O. The number of hydrogen-bond acceptors (Lipinski definition) is 2. The van der Waals surface area contributed by atoms with Gasteiger partial charge in [-0.05, 0) is 44.0 Å². The quantitative estimate of drug-likeness (QED) is 0.898. The van der Waals surface area contributed by atoms with Crippen molar-refractivity contribution in [3.63, 3.8) is 0 Å². The van der Waals surface area contributed by atoms with Crippen LogP contribution in [-0.2, 0) is 0 Å². The molecule has 1 saturated heterocycles. The van der Waals surface area contributed by atoms with E-state index in [0.717, 1.165) is 48.3 Å². The van der Waals surface area contributed by atoms with Crippen molar-refractivity contribution in [3.05, 3.63) is 28.2 Å². The Morgan fingerprint density at radius 1 is 1.33 bits per heavy atom. The number of carbonyl (C=O) groups is 1. The Labute approximate surface area is 135 Å². The van der Waals surface area contributed by atoms with Crippen LogP contribution in [-0.4, -0.2) is 48.1 Å². The van der Waals surface area contributed by atoms with E-state index in [9.17, 15) is 4.79 Å². The summed E-state index contributed by atoms with van der Waals surface area (Å²) < 4.78 is 1.06. The predicted octanol–water partition coefficient (Wildman–Crippen LogP) is 3.71. The fourth-order valence-corrected chi connectivity index (χ4v) is 2.80. The highest BCUT2D eigenvalue weighted by Gasteiger charge is 2.23. The van der Waals surface area contributed by atoms with Gasteiger partial charge in [0.1, 0.15) is 0 Å². The molecule has 0 saturated carbocycles. The van der Waals surface area contributed by atoms with E-state index in [4.69, 9.17) is 0 Å². The van der Waals surface area contributed by atoms with Gasteiger partial charge in [-0.25, -0.2) is 4.79 Å². The minimum absolute atomic E-state index is 0.000485. The molecule has 1 N–H and O–H groups in total. The lowest BCUT2D eigenvalue weighted by Gasteiger charge is -2.37. The highest BCUT2D eigenvalue weighted by Crippen LogP contribution is 2.20. The molecule has 1 unspecified atom stereocenters. The third kappa shape index (κ3) is 4.20. The van der Waals surface area contributed by atoms with Crippen molar-refractivity contribution in [2.45, 2.75) is 33.2 Å². The number of urea groups is 1. The summed E-state index contributed by atoms with van der Waals surface area (Å²) in [7, 11) is 0. The van der Waals surface area contributed by atoms with Gasteiger partial charge < -0.3 is 10.2 Å². The van der Waals surface area contributed by atoms with Crippen LogP contribution < -0.4 is 5.32 Å². The number of hydrogen-bond donors (Lipinski definition) is 1. The van der Waals surface area contributed by atoms with Gasteiger partial charge in [0, 0.05) is 42.4 Å². The second-order valence-corrected chi connectivity index (χ2v) is 6.53. The summed E-state index contributed by atoms with van der Waals surface area (Å²) in [5.41, 5.74) is 1.97. The van der Waals surface area contributed by atoms with Gasteiger partial charge in [-0.15, -0.1) is 0 Å². The van der Waals surface area contributed by atoms with E-state index in [1.54, 1.807) is 0 Å². The number of aryl methyl sites for hydroxylation is 1. The van der Waals surface area contributed by atoms with Crippen LogP contribution in [0.4, 0.5) is 10.5 Å². The summed E-state index contributed by atoms with van der Waals surface area (Å²) in [5, 5.41) is 2.99. The van der Waals surface area contributed by atoms with Crippen molar-refractivity contribution < 1.29 is 4.79 Å². The van der Waals surface area contributed by atoms with E-state index in [-0.39, 0.29) is 6.03 Å². The number of halogens is 1. The molecule has 2 amide bonds. The molecule has 5 heteroatoms. The number of anilines is 1. The maximum absolute atomic E-state index is 12.3. The number of carbonyl (C=O) groups excluding carboxylic acids is 1. The zero-order valence-electron chi connectivity index (χ0n) is 13.0. The Morgan fingerprint density at radius 2 is 2.00 bits per heavy atom. The van der Waals surface area contributed by atoms with E-state index < -0.39 is 0 Å². The molecule has 1 fully saturated rings. The molecule has 1 heterocycles. The summed E-state index contributed by atoms with van der Waals surface area (Å²) in [6.07, 6.45) is 1.16. The Morgan fingerprint density at radius 3 is 2.57 bits per heavy atom. The molecule has 116 valence electrons. The van der Waals surface area contributed by atoms with Crippen molar-refractivity contribution >= 4 is 27.6 Å². The minimum atomic E-state index is 0.000485. The zero-order valence-corrected chi connectivity index (χ0v) is 14.6. The summed E-state index contributed by atoms with van der Waals surface area (Å²) in [4.78, 5) is 16.6. The van der Waals surface area contributed by atoms with Crippen molar-refractivity contribution in [2.24, 2.45) is 0 Å². The van der Waals surface area contributed by atoms with Crippen LogP contribution >= 0.6 is 15.9 Å². The first-order valence-corrected chi connectivity index (χ1v) is 8.36. The zero-order chi connectivity index (χ0) is 15.4. The number of nitrogens with zero attached hydrogens (tertiary/aromatic N) is 2. The van der Waals surface area contributed by atoms with Crippen molar-refractivity contribution in [1.29, 1.82) is 0 Å². The SMILES string of the molecule is CCC(C)N1CCN(C(=O)Nc2ccc(Br)c(C)c2)CC1. The van der Waals surface area contributed by atoms with E-state index in [1.807, 2.05) is 30.0 Å². The smallest absolute Gasteiger partial charge is 0.321 e. The van der Waals surface area contributed by atoms with E-state index in [2.05, 4.69) is 40.0 Å². The average molecular weight is 354 g/mol. The van der Waals surface area contributed by atoms with Crippen LogP contribution in [0.2, 0.25) is 0 Å². The molecule has 2 rings (SSSR count). The van der Waals surface area contributed by atoms with Gasteiger partial charge in [0.2, 0.25) is 0 Å². The number of piperazine rings is 1. The first kappa shape index (κ1) is 16.3. The first-order chi connectivity index (χ1) is 10.0. The summed E-state index contributed by atoms with van der Waals surface area (Å²) in [6, 6.07) is 6.47. The van der Waals surface area contributed by atoms with Crippen LogP contribution in [0.3, 0.4) is 0 Å². The third-order valence-corrected chi connectivity index (χ3v) is 5.11. The van der Waals surface area contributed by atoms with Gasteiger partial charge in [0.05, 0.1) is 0 Å².